The average Bonchev–Trinajstić information content (AvgIpc) is 3.90. The number of aromatic nitrogens is 1. The van der Waals surface area contributed by atoms with Crippen LogP contribution in [0.5, 0.6) is 0 Å². The van der Waals surface area contributed by atoms with Crippen molar-refractivity contribution in [3.63, 3.8) is 0 Å². The second kappa shape index (κ2) is 20.7. The predicted molar refractivity (Wildman–Crippen MR) is 216 cm³/mol. The van der Waals surface area contributed by atoms with Crippen LogP contribution in [0.15, 0.2) is 41.9 Å². The summed E-state index contributed by atoms with van der Waals surface area (Å²) in [7, 11) is 4.95. The number of thiazole rings is 1. The molecule has 4 rings (SSSR count). The Morgan fingerprint density at radius 2 is 1.78 bits per heavy atom. The van der Waals surface area contributed by atoms with Crippen molar-refractivity contribution >= 4 is 35.0 Å². The molecule has 2 aliphatic heterocycles. The van der Waals surface area contributed by atoms with Gasteiger partial charge in [0.2, 0.25) is 23.6 Å². The van der Waals surface area contributed by atoms with Crippen molar-refractivity contribution in [2.75, 3.05) is 34.4 Å². The summed E-state index contributed by atoms with van der Waals surface area (Å²) in [4.78, 5) is 64.1. The van der Waals surface area contributed by atoms with Gasteiger partial charge in [0.25, 0.3) is 0 Å². The molecule has 3 N–H and O–H groups in total. The number of methoxy groups -OCH3 is 2. The van der Waals surface area contributed by atoms with E-state index < -0.39 is 35.7 Å². The van der Waals surface area contributed by atoms with Crippen LogP contribution in [0.4, 0.5) is 0 Å². The number of hydrogen-bond acceptors (Lipinski definition) is 9. The van der Waals surface area contributed by atoms with Crippen LogP contribution in [0.3, 0.4) is 0 Å². The first kappa shape index (κ1) is 44.3. The largest absolute Gasteiger partial charge is 0.379 e. The number of ether oxygens (including phenoxy) is 2. The molecule has 2 aliphatic rings. The van der Waals surface area contributed by atoms with Crippen LogP contribution in [0.25, 0.3) is 0 Å². The number of hydrogen-bond donors (Lipinski definition) is 3. The van der Waals surface area contributed by atoms with Crippen molar-refractivity contribution < 1.29 is 28.7 Å². The quantitative estimate of drug-likeness (QED) is 0.178. The van der Waals surface area contributed by atoms with Gasteiger partial charge < -0.3 is 35.2 Å². The summed E-state index contributed by atoms with van der Waals surface area (Å²) >= 11 is 1.51. The number of nitrogens with one attached hydrogen (secondary N) is 3. The monoisotopic (exact) mass is 782 g/mol. The molecule has 0 radical (unpaired) electrons. The van der Waals surface area contributed by atoms with E-state index in [0.717, 1.165) is 42.8 Å². The summed E-state index contributed by atoms with van der Waals surface area (Å²) in [6.07, 6.45) is 6.21. The molecule has 0 aliphatic carbocycles. The fourth-order valence-electron chi connectivity index (χ4n) is 8.35. The molecule has 9 atom stereocenters. The highest BCUT2D eigenvalue weighted by atomic mass is 32.1. The standard InChI is InChI=1S/C42H66N6O6S/c1-10-28(4)36(47(7)40(51)35(27(2)3)46-41(52)42(6)20-14-15-21-44-42)33(53-8)26-34(49)48-23-16-19-32(48)37(54-9)29(5)38(50)45-31(39-43-22-24-55-39)25-30-17-12-11-13-18-30/h11-13,17-18,22,24,27-29,31-33,35-37,44H,10,14-16,19-21,23,25-26H2,1-9H3,(H,45,50)(H,46,52)/t28-,29+,31-,32-,33?,35-,36-,37?,42+/m0/s1. The van der Waals surface area contributed by atoms with E-state index in [0.29, 0.717) is 25.8 Å². The zero-order chi connectivity index (χ0) is 40.3. The Bertz CT molecular complexity index is 1520. The van der Waals surface area contributed by atoms with Crippen molar-refractivity contribution in [1.29, 1.82) is 0 Å². The third-order valence-corrected chi connectivity index (χ3v) is 12.8. The van der Waals surface area contributed by atoms with E-state index in [1.54, 1.807) is 32.4 Å². The molecule has 0 bridgehead atoms. The van der Waals surface area contributed by atoms with Gasteiger partial charge >= 0.3 is 0 Å². The summed E-state index contributed by atoms with van der Waals surface area (Å²) in [5, 5.41) is 12.4. The van der Waals surface area contributed by atoms with E-state index in [4.69, 9.17) is 9.47 Å². The third-order valence-electron chi connectivity index (χ3n) is 11.9. The first-order valence-electron chi connectivity index (χ1n) is 20.2. The second-order valence-corrected chi connectivity index (χ2v) is 17.0. The van der Waals surface area contributed by atoms with E-state index in [1.807, 2.05) is 68.3 Å². The molecular weight excluding hydrogens is 717 g/mol. The molecule has 12 nitrogen and oxygen atoms in total. The van der Waals surface area contributed by atoms with Crippen LogP contribution in [-0.2, 0) is 35.1 Å². The Kier molecular flexibility index (Phi) is 16.7. The Labute approximate surface area is 332 Å². The van der Waals surface area contributed by atoms with Crippen molar-refractivity contribution in [2.24, 2.45) is 17.8 Å². The van der Waals surface area contributed by atoms with Gasteiger partial charge in [0, 0.05) is 39.4 Å². The molecule has 13 heteroatoms. The minimum absolute atomic E-state index is 0.000717. The van der Waals surface area contributed by atoms with E-state index >= 15 is 0 Å². The van der Waals surface area contributed by atoms with Crippen molar-refractivity contribution in [3.05, 3.63) is 52.5 Å². The molecule has 0 spiro atoms. The maximum Gasteiger partial charge on any atom is 0.245 e. The fraction of sp³-hybridized carbons (Fsp3) is 0.690. The van der Waals surface area contributed by atoms with E-state index in [1.165, 1.54) is 11.3 Å². The van der Waals surface area contributed by atoms with Gasteiger partial charge in [-0.15, -0.1) is 11.3 Å². The molecule has 0 saturated carbocycles. The lowest BCUT2D eigenvalue weighted by Crippen LogP contribution is -2.63. The van der Waals surface area contributed by atoms with Gasteiger partial charge in [-0.05, 0) is 69.4 Å². The third kappa shape index (κ3) is 11.1. The van der Waals surface area contributed by atoms with Crippen molar-refractivity contribution in [3.8, 4) is 0 Å². The maximum absolute atomic E-state index is 14.3. The van der Waals surface area contributed by atoms with Crippen LogP contribution in [0.2, 0.25) is 0 Å². The molecule has 2 aromatic rings. The molecule has 3 heterocycles. The topological polar surface area (TPSA) is 142 Å². The molecule has 2 saturated heterocycles. The summed E-state index contributed by atoms with van der Waals surface area (Å²) in [6.45, 7) is 13.1. The number of carbonyl (C=O) groups excluding carboxylic acids is 4. The minimum atomic E-state index is -0.737. The molecule has 306 valence electrons. The first-order chi connectivity index (χ1) is 26.3. The van der Waals surface area contributed by atoms with Gasteiger partial charge in [-0.25, -0.2) is 4.98 Å². The Morgan fingerprint density at radius 1 is 1.05 bits per heavy atom. The minimum Gasteiger partial charge on any atom is -0.379 e. The Hall–Kier alpha value is -3.39. The number of benzene rings is 1. The van der Waals surface area contributed by atoms with Gasteiger partial charge in [0.15, 0.2) is 0 Å². The highest BCUT2D eigenvalue weighted by Crippen LogP contribution is 2.31. The van der Waals surface area contributed by atoms with Gasteiger partial charge in [-0.2, -0.15) is 0 Å². The summed E-state index contributed by atoms with van der Waals surface area (Å²) in [5.74, 6) is -1.34. The van der Waals surface area contributed by atoms with Gasteiger partial charge in [-0.3, -0.25) is 19.2 Å². The lowest BCUT2D eigenvalue weighted by atomic mass is 9.88. The van der Waals surface area contributed by atoms with Crippen LogP contribution >= 0.6 is 11.3 Å². The van der Waals surface area contributed by atoms with E-state index in [-0.39, 0.29) is 54.0 Å². The van der Waals surface area contributed by atoms with Crippen molar-refractivity contribution in [1.82, 2.24) is 30.7 Å². The number of rotatable bonds is 19. The highest BCUT2D eigenvalue weighted by molar-refractivity contribution is 7.09. The summed E-state index contributed by atoms with van der Waals surface area (Å²) < 4.78 is 12.1. The zero-order valence-corrected chi connectivity index (χ0v) is 35.3. The normalized spacial score (nSPS) is 22.6. The molecule has 55 heavy (non-hydrogen) atoms. The average molecular weight is 783 g/mol. The molecular formula is C42H66N6O6S. The first-order valence-corrected chi connectivity index (χ1v) is 21.1. The number of amides is 4. The van der Waals surface area contributed by atoms with Gasteiger partial charge in [0.1, 0.15) is 11.0 Å². The van der Waals surface area contributed by atoms with Gasteiger partial charge in [-0.1, -0.05) is 71.4 Å². The van der Waals surface area contributed by atoms with Crippen LogP contribution in [-0.4, -0.2) is 109 Å². The smallest absolute Gasteiger partial charge is 0.245 e. The Morgan fingerprint density at radius 3 is 2.36 bits per heavy atom. The molecule has 4 amide bonds. The fourth-order valence-corrected chi connectivity index (χ4v) is 9.04. The summed E-state index contributed by atoms with van der Waals surface area (Å²) in [6, 6.07) is 8.25. The van der Waals surface area contributed by atoms with Crippen LogP contribution in [0.1, 0.15) is 103 Å². The van der Waals surface area contributed by atoms with Crippen LogP contribution in [0, 0.1) is 17.8 Å². The molecule has 2 fully saturated rings. The van der Waals surface area contributed by atoms with E-state index in [9.17, 15) is 19.2 Å². The predicted octanol–water partition coefficient (Wildman–Crippen LogP) is 5.14. The van der Waals surface area contributed by atoms with Crippen molar-refractivity contribution in [2.45, 2.75) is 135 Å². The van der Waals surface area contributed by atoms with Crippen LogP contribution < -0.4 is 16.0 Å². The zero-order valence-electron chi connectivity index (χ0n) is 34.5. The number of carbonyl (C=O) groups is 4. The molecule has 1 aromatic carbocycles. The highest BCUT2D eigenvalue weighted by Gasteiger charge is 2.44. The molecule has 1 aromatic heterocycles. The number of nitrogens with zero attached hydrogens (tertiary/aromatic N) is 3. The number of likely N-dealkylation sites (tertiary alicyclic amines) is 1. The Balaban J connectivity index is 1.47. The lowest BCUT2D eigenvalue weighted by Gasteiger charge is -2.41. The lowest BCUT2D eigenvalue weighted by molar-refractivity contribution is -0.148. The van der Waals surface area contributed by atoms with Gasteiger partial charge in [0.05, 0.1) is 48.2 Å². The SMILES string of the molecule is CC[C@H](C)[C@@H](C(CC(=O)N1CCC[C@H]1C(OC)[C@@H](C)C(=O)N[C@@H](Cc1ccccc1)c1nccs1)OC)N(C)C(=O)[C@@H](NC(=O)[C@@]1(C)CCCCN1)C(C)C. The summed E-state index contributed by atoms with van der Waals surface area (Å²) in [5.41, 5.74) is 0.370. The van der Waals surface area contributed by atoms with E-state index in [2.05, 4.69) is 34.8 Å². The number of likely N-dealkylation sites (N-methyl/N-ethyl adjacent to an activating group) is 1. The second-order valence-electron chi connectivity index (χ2n) is 16.1. The number of piperidine rings is 1. The molecule has 2 unspecified atom stereocenters. The maximum atomic E-state index is 14.3.